The molecular weight excluding hydrogens is 352 g/mol. The molecule has 0 N–H and O–H groups in total. The molecule has 0 unspecified atom stereocenters. The first kappa shape index (κ1) is 17.8. The van der Waals surface area contributed by atoms with Crippen LogP contribution in [0.15, 0.2) is 48.3 Å². The Kier molecular flexibility index (Phi) is 4.85. The van der Waals surface area contributed by atoms with Gasteiger partial charge in [0.05, 0.1) is 4.92 Å². The van der Waals surface area contributed by atoms with Crippen molar-refractivity contribution >= 4 is 35.0 Å². The van der Waals surface area contributed by atoms with E-state index in [0.29, 0.717) is 23.9 Å². The van der Waals surface area contributed by atoms with Crippen molar-refractivity contribution in [2.24, 2.45) is 0 Å². The van der Waals surface area contributed by atoms with Gasteiger partial charge in [0.25, 0.3) is 11.6 Å². The molecule has 8 heteroatoms. The minimum Gasteiger partial charge on any atom is -0.317 e. The maximum atomic E-state index is 12.7. The van der Waals surface area contributed by atoms with Gasteiger partial charge < -0.3 is 9.47 Å². The monoisotopic (exact) mass is 370 g/mol. The minimum absolute atomic E-state index is 0.0351. The largest absolute Gasteiger partial charge is 0.317 e. The Bertz CT molecular complexity index is 901. The second kappa shape index (κ2) is 7.09. The number of amides is 1. The van der Waals surface area contributed by atoms with E-state index in [4.69, 9.17) is 12.2 Å². The number of aromatic nitrogens is 1. The summed E-state index contributed by atoms with van der Waals surface area (Å²) in [5.74, 6) is -0.115. The molecule has 2 heterocycles. The van der Waals surface area contributed by atoms with Crippen LogP contribution in [0.3, 0.4) is 0 Å². The molecule has 1 aliphatic rings. The first-order valence-electron chi connectivity index (χ1n) is 8.25. The second-order valence-electron chi connectivity index (χ2n) is 5.68. The van der Waals surface area contributed by atoms with E-state index >= 15 is 0 Å². The Morgan fingerprint density at radius 1 is 1.12 bits per heavy atom. The third kappa shape index (κ3) is 2.99. The molecule has 1 amide bonds. The van der Waals surface area contributed by atoms with Gasteiger partial charge in [0, 0.05) is 42.8 Å². The van der Waals surface area contributed by atoms with Gasteiger partial charge in [-0.25, -0.2) is 0 Å². The second-order valence-corrected chi connectivity index (χ2v) is 6.05. The molecule has 1 fully saturated rings. The van der Waals surface area contributed by atoms with Crippen LogP contribution in [-0.4, -0.2) is 43.4 Å². The van der Waals surface area contributed by atoms with Gasteiger partial charge in [-0.1, -0.05) is 0 Å². The van der Waals surface area contributed by atoms with Crippen molar-refractivity contribution in [1.29, 1.82) is 0 Å². The van der Waals surface area contributed by atoms with Gasteiger partial charge in [0.1, 0.15) is 5.70 Å². The summed E-state index contributed by atoms with van der Waals surface area (Å²) in [7, 11) is 0. The normalized spacial score (nSPS) is 16.0. The van der Waals surface area contributed by atoms with Crippen LogP contribution < -0.4 is 0 Å². The average molecular weight is 370 g/mol. The van der Waals surface area contributed by atoms with E-state index in [9.17, 15) is 14.9 Å². The summed E-state index contributed by atoms with van der Waals surface area (Å²) in [6.07, 6.45) is 3.65. The number of benzene rings is 1. The molecule has 3 rings (SSSR count). The summed E-state index contributed by atoms with van der Waals surface area (Å²) < 4.78 is 1.87. The number of likely N-dealkylation sites (N-methyl/N-ethyl adjacent to an activating group) is 2. The Hall–Kier alpha value is -3.00. The zero-order valence-electron chi connectivity index (χ0n) is 14.5. The zero-order chi connectivity index (χ0) is 18.8. The van der Waals surface area contributed by atoms with Gasteiger partial charge in [-0.2, -0.15) is 0 Å². The molecule has 7 nitrogen and oxygen atoms in total. The van der Waals surface area contributed by atoms with Crippen LogP contribution in [-0.2, 0) is 4.79 Å². The Labute approximate surface area is 156 Å². The molecule has 1 saturated heterocycles. The Morgan fingerprint density at radius 3 is 2.35 bits per heavy atom. The lowest BCUT2D eigenvalue weighted by Crippen LogP contribution is -2.32. The van der Waals surface area contributed by atoms with Crippen LogP contribution in [0.4, 0.5) is 5.69 Å². The molecule has 0 radical (unpaired) electrons. The molecule has 1 aliphatic heterocycles. The number of nitro groups is 1. The summed E-state index contributed by atoms with van der Waals surface area (Å²) in [5, 5.41) is 11.3. The van der Waals surface area contributed by atoms with Crippen molar-refractivity contribution < 1.29 is 9.72 Å². The molecule has 134 valence electrons. The standard InChI is InChI=1S/C18H18N4O3S/c1-3-19-16(17(23)20(4-2)18(19)26)12-15-6-5-11-21(15)13-7-9-14(10-8-13)22(24)25/h5-12H,3-4H2,1-2H3/b16-12-. The number of nitrogens with zero attached hydrogens (tertiary/aromatic N) is 4. The van der Waals surface area contributed by atoms with Gasteiger partial charge in [0.15, 0.2) is 5.11 Å². The molecule has 2 aromatic rings. The molecule has 1 aromatic carbocycles. The summed E-state index contributed by atoms with van der Waals surface area (Å²) >= 11 is 5.39. The minimum atomic E-state index is -0.432. The topological polar surface area (TPSA) is 71.6 Å². The quantitative estimate of drug-likeness (QED) is 0.350. The van der Waals surface area contributed by atoms with E-state index in [0.717, 1.165) is 11.4 Å². The maximum Gasteiger partial charge on any atom is 0.276 e. The van der Waals surface area contributed by atoms with E-state index < -0.39 is 4.92 Å². The lowest BCUT2D eigenvalue weighted by Gasteiger charge is -2.17. The first-order valence-corrected chi connectivity index (χ1v) is 8.66. The number of hydrogen-bond acceptors (Lipinski definition) is 4. The lowest BCUT2D eigenvalue weighted by atomic mass is 10.2. The number of carbonyl (C=O) groups is 1. The van der Waals surface area contributed by atoms with Gasteiger partial charge in [-0.3, -0.25) is 19.8 Å². The summed E-state index contributed by atoms with van der Waals surface area (Å²) in [5.41, 5.74) is 2.13. The molecule has 0 atom stereocenters. The fraction of sp³-hybridized carbons (Fsp3) is 0.222. The van der Waals surface area contributed by atoms with Crippen molar-refractivity contribution in [3.63, 3.8) is 0 Å². The van der Waals surface area contributed by atoms with Gasteiger partial charge in [0.2, 0.25) is 0 Å². The third-order valence-corrected chi connectivity index (χ3v) is 4.69. The fourth-order valence-corrected chi connectivity index (χ4v) is 3.37. The van der Waals surface area contributed by atoms with Crippen molar-refractivity contribution in [3.8, 4) is 5.69 Å². The van der Waals surface area contributed by atoms with Crippen molar-refractivity contribution in [1.82, 2.24) is 14.4 Å². The molecule has 0 bridgehead atoms. The van der Waals surface area contributed by atoms with Crippen LogP contribution in [0.2, 0.25) is 0 Å². The number of non-ortho nitro benzene ring substituents is 1. The average Bonchev–Trinajstić information content (AvgIpc) is 3.18. The highest BCUT2D eigenvalue weighted by atomic mass is 32.1. The number of thiocarbonyl (C=S) groups is 1. The smallest absolute Gasteiger partial charge is 0.276 e. The third-order valence-electron chi connectivity index (χ3n) is 4.25. The lowest BCUT2D eigenvalue weighted by molar-refractivity contribution is -0.384. The van der Waals surface area contributed by atoms with E-state index in [-0.39, 0.29) is 11.6 Å². The van der Waals surface area contributed by atoms with Crippen molar-refractivity contribution in [2.45, 2.75) is 13.8 Å². The number of hydrogen-bond donors (Lipinski definition) is 0. The molecule has 26 heavy (non-hydrogen) atoms. The van der Waals surface area contributed by atoms with Crippen LogP contribution in [0.5, 0.6) is 0 Å². The van der Waals surface area contributed by atoms with Gasteiger partial charge >= 0.3 is 0 Å². The summed E-state index contributed by atoms with van der Waals surface area (Å²) in [6.45, 7) is 4.96. The predicted molar refractivity (Wildman–Crippen MR) is 103 cm³/mol. The van der Waals surface area contributed by atoms with Crippen molar-refractivity contribution in [2.75, 3.05) is 13.1 Å². The van der Waals surface area contributed by atoms with Crippen LogP contribution in [0, 0.1) is 10.1 Å². The number of nitro benzene ring substituents is 1. The predicted octanol–water partition coefficient (Wildman–Crippen LogP) is 3.20. The number of rotatable bonds is 5. The summed E-state index contributed by atoms with van der Waals surface area (Å²) in [4.78, 5) is 26.4. The molecule has 0 saturated carbocycles. The molecule has 1 aromatic heterocycles. The Balaban J connectivity index is 2.00. The molecule has 0 spiro atoms. The first-order chi connectivity index (χ1) is 12.5. The SMILES string of the molecule is CCN1C(=O)/C(=C/c2cccn2-c2ccc([N+](=O)[O-])cc2)N(CC)C1=S. The van der Waals surface area contributed by atoms with E-state index in [1.165, 1.54) is 12.1 Å². The molecule has 0 aliphatic carbocycles. The van der Waals surface area contributed by atoms with Crippen LogP contribution in [0.1, 0.15) is 19.5 Å². The van der Waals surface area contributed by atoms with E-state index in [1.807, 2.05) is 41.6 Å². The number of carbonyl (C=O) groups excluding carboxylic acids is 1. The fourth-order valence-electron chi connectivity index (χ4n) is 2.94. The van der Waals surface area contributed by atoms with Crippen molar-refractivity contribution in [3.05, 3.63) is 64.1 Å². The van der Waals surface area contributed by atoms with Gasteiger partial charge in [-0.15, -0.1) is 0 Å². The Morgan fingerprint density at radius 2 is 1.77 bits per heavy atom. The van der Waals surface area contributed by atoms with E-state index in [2.05, 4.69) is 0 Å². The van der Waals surface area contributed by atoms with Crippen LogP contribution >= 0.6 is 12.2 Å². The van der Waals surface area contributed by atoms with Gasteiger partial charge in [-0.05, 0) is 56.4 Å². The molecular formula is C18H18N4O3S. The highest BCUT2D eigenvalue weighted by molar-refractivity contribution is 7.80. The maximum absolute atomic E-state index is 12.7. The highest BCUT2D eigenvalue weighted by Crippen LogP contribution is 2.25. The zero-order valence-corrected chi connectivity index (χ0v) is 15.3. The highest BCUT2D eigenvalue weighted by Gasteiger charge is 2.36. The van der Waals surface area contributed by atoms with Crippen LogP contribution in [0.25, 0.3) is 11.8 Å². The van der Waals surface area contributed by atoms with E-state index in [1.54, 1.807) is 23.1 Å². The summed E-state index contributed by atoms with van der Waals surface area (Å²) in [6, 6.07) is 10.0.